The number of hydrogen-bond acceptors (Lipinski definition) is 6. The SMILES string of the molecule is C=CC(=O)N1CCCC(n2nc(-c3ccc(CNC(=O)c4c(F)cccc4F)c(F)c3)c3c(N)ncnc32)C1. The van der Waals surface area contributed by atoms with Gasteiger partial charge < -0.3 is 16.0 Å². The van der Waals surface area contributed by atoms with E-state index in [0.29, 0.717) is 35.4 Å². The van der Waals surface area contributed by atoms with E-state index >= 15 is 4.39 Å². The van der Waals surface area contributed by atoms with Crippen LogP contribution >= 0.6 is 0 Å². The summed E-state index contributed by atoms with van der Waals surface area (Å²) in [7, 11) is 0. The molecule has 12 heteroatoms. The van der Waals surface area contributed by atoms with Crippen molar-refractivity contribution in [3.63, 3.8) is 0 Å². The van der Waals surface area contributed by atoms with Crippen LogP contribution in [0, 0.1) is 17.5 Å². The van der Waals surface area contributed by atoms with Crippen molar-refractivity contribution in [1.82, 2.24) is 30.0 Å². The maximum atomic E-state index is 15.1. The van der Waals surface area contributed by atoms with Crippen LogP contribution in [0.4, 0.5) is 19.0 Å². The molecule has 9 nitrogen and oxygen atoms in total. The zero-order valence-corrected chi connectivity index (χ0v) is 20.7. The molecule has 5 rings (SSSR count). The van der Waals surface area contributed by atoms with Crippen molar-refractivity contribution in [1.29, 1.82) is 0 Å². The fourth-order valence-electron chi connectivity index (χ4n) is 4.75. The summed E-state index contributed by atoms with van der Waals surface area (Å²) < 4.78 is 44.6. The van der Waals surface area contributed by atoms with Crippen LogP contribution in [0.1, 0.15) is 34.8 Å². The van der Waals surface area contributed by atoms with E-state index in [-0.39, 0.29) is 29.9 Å². The third-order valence-corrected chi connectivity index (χ3v) is 6.70. The van der Waals surface area contributed by atoms with E-state index in [1.807, 2.05) is 0 Å². The average Bonchev–Trinajstić information content (AvgIpc) is 3.33. The number of aromatic nitrogens is 4. The lowest BCUT2D eigenvalue weighted by molar-refractivity contribution is -0.127. The van der Waals surface area contributed by atoms with Crippen molar-refractivity contribution < 1.29 is 22.8 Å². The number of nitrogens with zero attached hydrogens (tertiary/aromatic N) is 5. The summed E-state index contributed by atoms with van der Waals surface area (Å²) in [6.45, 7) is 4.27. The van der Waals surface area contributed by atoms with Gasteiger partial charge in [-0.2, -0.15) is 5.10 Å². The lowest BCUT2D eigenvalue weighted by atomic mass is 10.1. The van der Waals surface area contributed by atoms with Crippen molar-refractivity contribution in [2.75, 3.05) is 18.8 Å². The van der Waals surface area contributed by atoms with Crippen molar-refractivity contribution in [2.45, 2.75) is 25.4 Å². The molecule has 1 unspecified atom stereocenters. The number of amides is 2. The number of nitrogens with one attached hydrogen (secondary N) is 1. The maximum absolute atomic E-state index is 15.1. The number of carbonyl (C=O) groups excluding carboxylic acids is 2. The standard InChI is InChI=1S/C27H24F3N7O2/c1-2-21(38)36-10-4-5-17(13-36)37-26-23(25(31)33-14-34-26)24(35-37)15-8-9-16(20(30)11-15)12-32-27(39)22-18(28)6-3-7-19(22)29/h2-3,6-9,11,14,17H,1,4-5,10,12-13H2,(H,32,39)(H2,31,33,34). The Morgan fingerprint density at radius 2 is 1.90 bits per heavy atom. The van der Waals surface area contributed by atoms with Crippen molar-refractivity contribution in [3.05, 3.63) is 84.0 Å². The molecule has 0 saturated carbocycles. The van der Waals surface area contributed by atoms with Gasteiger partial charge in [0.25, 0.3) is 5.91 Å². The van der Waals surface area contributed by atoms with Crippen LogP contribution in [0.5, 0.6) is 0 Å². The Hall–Kier alpha value is -4.74. The highest BCUT2D eigenvalue weighted by Crippen LogP contribution is 2.34. The van der Waals surface area contributed by atoms with Gasteiger partial charge in [0.05, 0.1) is 11.4 Å². The predicted molar refractivity (Wildman–Crippen MR) is 138 cm³/mol. The number of nitrogens with two attached hydrogens (primary N) is 1. The Bertz CT molecular complexity index is 1580. The normalized spacial score (nSPS) is 15.4. The number of anilines is 1. The van der Waals surface area contributed by atoms with E-state index in [1.54, 1.807) is 15.6 Å². The van der Waals surface area contributed by atoms with Crippen LogP contribution in [0.25, 0.3) is 22.3 Å². The molecule has 2 aromatic heterocycles. The van der Waals surface area contributed by atoms with E-state index in [2.05, 4.69) is 21.9 Å². The van der Waals surface area contributed by atoms with Gasteiger partial charge in [-0.3, -0.25) is 9.59 Å². The van der Waals surface area contributed by atoms with E-state index in [9.17, 15) is 18.4 Å². The van der Waals surface area contributed by atoms with Crippen molar-refractivity contribution in [2.24, 2.45) is 0 Å². The molecule has 2 amide bonds. The summed E-state index contributed by atoms with van der Waals surface area (Å²) in [6, 6.07) is 7.17. The van der Waals surface area contributed by atoms with Crippen molar-refractivity contribution >= 4 is 28.7 Å². The Kier molecular flexibility index (Phi) is 7.01. The van der Waals surface area contributed by atoms with E-state index in [1.165, 1.54) is 24.5 Å². The first-order chi connectivity index (χ1) is 18.8. The first-order valence-corrected chi connectivity index (χ1v) is 12.2. The number of carbonyl (C=O) groups is 2. The number of hydrogen-bond donors (Lipinski definition) is 2. The highest BCUT2D eigenvalue weighted by molar-refractivity contribution is 5.98. The molecule has 2 aromatic carbocycles. The fourth-order valence-corrected chi connectivity index (χ4v) is 4.75. The summed E-state index contributed by atoms with van der Waals surface area (Å²) in [5.41, 5.74) is 6.75. The second-order valence-corrected chi connectivity index (χ2v) is 9.12. The van der Waals surface area contributed by atoms with Crippen LogP contribution < -0.4 is 11.1 Å². The third-order valence-electron chi connectivity index (χ3n) is 6.70. The zero-order valence-electron chi connectivity index (χ0n) is 20.7. The predicted octanol–water partition coefficient (Wildman–Crippen LogP) is 3.77. The number of piperidine rings is 1. The highest BCUT2D eigenvalue weighted by atomic mass is 19.1. The molecular weight excluding hydrogens is 511 g/mol. The quantitative estimate of drug-likeness (QED) is 0.363. The number of fused-ring (bicyclic) bond motifs is 1. The largest absolute Gasteiger partial charge is 0.383 e. The van der Waals surface area contributed by atoms with E-state index in [0.717, 1.165) is 31.0 Å². The number of halogens is 3. The first-order valence-electron chi connectivity index (χ1n) is 12.2. The second kappa shape index (κ2) is 10.6. The van der Waals surface area contributed by atoms with Gasteiger partial charge >= 0.3 is 0 Å². The molecule has 3 heterocycles. The van der Waals surface area contributed by atoms with Gasteiger partial charge in [-0.1, -0.05) is 24.8 Å². The van der Waals surface area contributed by atoms with Crippen LogP contribution in [0.2, 0.25) is 0 Å². The summed E-state index contributed by atoms with van der Waals surface area (Å²) >= 11 is 0. The Balaban J connectivity index is 1.44. The summed E-state index contributed by atoms with van der Waals surface area (Å²) in [4.78, 5) is 34.6. The highest BCUT2D eigenvalue weighted by Gasteiger charge is 2.28. The number of rotatable bonds is 6. The minimum Gasteiger partial charge on any atom is -0.383 e. The third kappa shape index (κ3) is 4.92. The lowest BCUT2D eigenvalue weighted by Crippen LogP contribution is -2.40. The topological polar surface area (TPSA) is 119 Å². The molecule has 1 saturated heterocycles. The molecule has 3 N–H and O–H groups in total. The lowest BCUT2D eigenvalue weighted by Gasteiger charge is -2.32. The van der Waals surface area contributed by atoms with Gasteiger partial charge in [0.1, 0.15) is 40.9 Å². The molecular formula is C27H24F3N7O2. The fraction of sp³-hybridized carbons (Fsp3) is 0.222. The Labute approximate surface area is 221 Å². The molecule has 0 spiro atoms. The molecule has 200 valence electrons. The molecule has 1 aliphatic heterocycles. The number of likely N-dealkylation sites (tertiary alicyclic amines) is 1. The van der Waals surface area contributed by atoms with E-state index < -0.39 is 28.9 Å². The molecule has 39 heavy (non-hydrogen) atoms. The second-order valence-electron chi connectivity index (χ2n) is 9.12. The summed E-state index contributed by atoms with van der Waals surface area (Å²) in [5.74, 6) is -3.70. The Morgan fingerprint density at radius 1 is 1.13 bits per heavy atom. The average molecular weight is 536 g/mol. The molecule has 1 fully saturated rings. The van der Waals surface area contributed by atoms with Crippen LogP contribution in [0.3, 0.4) is 0 Å². The molecule has 0 aliphatic carbocycles. The van der Waals surface area contributed by atoms with Gasteiger partial charge in [0.15, 0.2) is 5.65 Å². The van der Waals surface area contributed by atoms with Crippen LogP contribution in [0.15, 0.2) is 55.4 Å². The zero-order chi connectivity index (χ0) is 27.7. The Morgan fingerprint density at radius 3 is 2.62 bits per heavy atom. The summed E-state index contributed by atoms with van der Waals surface area (Å²) in [5, 5.41) is 7.51. The van der Waals surface area contributed by atoms with Gasteiger partial charge in [-0.25, -0.2) is 27.8 Å². The van der Waals surface area contributed by atoms with Gasteiger partial charge in [-0.15, -0.1) is 0 Å². The monoisotopic (exact) mass is 535 g/mol. The summed E-state index contributed by atoms with van der Waals surface area (Å²) in [6.07, 6.45) is 4.10. The first kappa shape index (κ1) is 25.9. The van der Waals surface area contributed by atoms with Crippen LogP contribution in [-0.4, -0.2) is 49.6 Å². The molecule has 1 atom stereocenters. The van der Waals surface area contributed by atoms with Gasteiger partial charge in [-0.05, 0) is 37.1 Å². The number of nitrogen functional groups attached to an aromatic ring is 1. The van der Waals surface area contributed by atoms with Gasteiger partial charge in [0.2, 0.25) is 5.91 Å². The van der Waals surface area contributed by atoms with E-state index in [4.69, 9.17) is 10.8 Å². The smallest absolute Gasteiger partial charge is 0.257 e. The van der Waals surface area contributed by atoms with Gasteiger partial charge in [0, 0.05) is 30.8 Å². The minimum absolute atomic E-state index is 0.0997. The molecule has 4 aromatic rings. The number of benzene rings is 2. The molecule has 1 aliphatic rings. The maximum Gasteiger partial charge on any atom is 0.257 e. The van der Waals surface area contributed by atoms with Crippen molar-refractivity contribution in [3.8, 4) is 11.3 Å². The minimum atomic E-state index is -1.01. The molecule has 0 radical (unpaired) electrons. The van der Waals surface area contributed by atoms with Crippen LogP contribution in [-0.2, 0) is 11.3 Å². The molecule has 0 bridgehead atoms.